The monoisotopic (exact) mass is 309 g/mol. The van der Waals surface area contributed by atoms with Crippen LogP contribution in [-0.2, 0) is 10.1 Å². The van der Waals surface area contributed by atoms with Gasteiger partial charge in [-0.15, -0.1) is 0 Å². The van der Waals surface area contributed by atoms with Gasteiger partial charge < -0.3 is 9.87 Å². The average molecular weight is 309 g/mol. The molecular weight excluding hydrogens is 285 g/mol. The number of nitrogens with one attached hydrogen (secondary N) is 1. The summed E-state index contributed by atoms with van der Waals surface area (Å²) >= 11 is 0. The van der Waals surface area contributed by atoms with E-state index >= 15 is 0 Å². The molecule has 4 bridgehead atoms. The smallest absolute Gasteiger partial charge is 0.748 e. The normalized spacial score (nSPS) is 38.8. The third-order valence-electron chi connectivity index (χ3n) is 5.43. The van der Waals surface area contributed by atoms with Crippen molar-refractivity contribution in [1.29, 1.82) is 0 Å². The van der Waals surface area contributed by atoms with Crippen molar-refractivity contribution in [3.63, 3.8) is 0 Å². The van der Waals surface area contributed by atoms with E-state index in [-0.39, 0.29) is 35.3 Å². The fraction of sp³-hybridized carbons (Fsp3) is 1.00. The van der Waals surface area contributed by atoms with Gasteiger partial charge in [-0.3, -0.25) is 0 Å². The molecule has 0 heterocycles. The first kappa shape index (κ1) is 17.2. The average Bonchev–Trinajstić information content (AvgIpc) is 2.29. The first-order chi connectivity index (χ1) is 9.01. The van der Waals surface area contributed by atoms with Crippen molar-refractivity contribution in [2.45, 2.75) is 51.0 Å². The van der Waals surface area contributed by atoms with E-state index in [2.05, 4.69) is 5.32 Å². The number of hydrogen-bond acceptors (Lipinski definition) is 4. The Morgan fingerprint density at radius 1 is 0.950 bits per heavy atom. The molecule has 0 saturated heterocycles. The van der Waals surface area contributed by atoms with Gasteiger partial charge in [0.05, 0.1) is 10.1 Å². The summed E-state index contributed by atoms with van der Waals surface area (Å²) in [5.74, 6) is 3.49. The number of unbranched alkanes of at least 4 members (excludes halogenated alkanes) is 1. The van der Waals surface area contributed by atoms with Crippen LogP contribution in [0.1, 0.15) is 44.9 Å². The molecule has 1 N–H and O–H groups in total. The second-order valence-electron chi connectivity index (χ2n) is 6.88. The van der Waals surface area contributed by atoms with Crippen molar-refractivity contribution >= 4 is 10.1 Å². The minimum atomic E-state index is -4.02. The predicted molar refractivity (Wildman–Crippen MR) is 72.6 cm³/mol. The van der Waals surface area contributed by atoms with Gasteiger partial charge in [-0.2, -0.15) is 0 Å². The van der Waals surface area contributed by atoms with Gasteiger partial charge in [0.1, 0.15) is 0 Å². The number of hydrogen-bond donors (Lipinski definition) is 1. The maximum Gasteiger partial charge on any atom is 1.00 e. The van der Waals surface area contributed by atoms with Crippen LogP contribution in [0, 0.1) is 23.7 Å². The minimum absolute atomic E-state index is 0. The molecule has 0 aromatic rings. The second-order valence-corrected chi connectivity index (χ2v) is 8.40. The van der Waals surface area contributed by atoms with E-state index in [1.54, 1.807) is 0 Å². The summed E-state index contributed by atoms with van der Waals surface area (Å²) < 4.78 is 31.6. The molecule has 0 atom stereocenters. The van der Waals surface area contributed by atoms with E-state index < -0.39 is 10.1 Å². The van der Waals surface area contributed by atoms with Gasteiger partial charge in [0.25, 0.3) is 0 Å². The fourth-order valence-electron chi connectivity index (χ4n) is 4.93. The molecule has 0 amide bonds. The molecule has 0 unspecified atom stereocenters. The third-order valence-corrected chi connectivity index (χ3v) is 6.22. The van der Waals surface area contributed by atoms with Crippen molar-refractivity contribution < 1.29 is 42.5 Å². The Kier molecular flexibility index (Phi) is 6.00. The Labute approximate surface area is 144 Å². The van der Waals surface area contributed by atoms with Gasteiger partial charge in [-0.1, -0.05) is 0 Å². The molecule has 6 heteroatoms. The van der Waals surface area contributed by atoms with Gasteiger partial charge >= 0.3 is 29.6 Å². The van der Waals surface area contributed by atoms with E-state index in [9.17, 15) is 13.0 Å². The molecule has 4 aliphatic rings. The van der Waals surface area contributed by atoms with Gasteiger partial charge in [0, 0.05) is 11.8 Å². The van der Waals surface area contributed by atoms with Crippen LogP contribution >= 0.6 is 0 Å². The molecule has 4 aliphatic carbocycles. The maximum atomic E-state index is 10.5. The Balaban J connectivity index is 0.00000147. The summed E-state index contributed by atoms with van der Waals surface area (Å²) in [5, 5.41) is 3.65. The van der Waals surface area contributed by atoms with Crippen molar-refractivity contribution in [2.75, 3.05) is 12.3 Å². The van der Waals surface area contributed by atoms with Crippen LogP contribution in [0.5, 0.6) is 0 Å². The van der Waals surface area contributed by atoms with Gasteiger partial charge in [0.2, 0.25) is 0 Å². The zero-order valence-electron chi connectivity index (χ0n) is 12.4. The van der Waals surface area contributed by atoms with Crippen LogP contribution in [0.4, 0.5) is 0 Å². The van der Waals surface area contributed by atoms with Crippen molar-refractivity contribution in [3.8, 4) is 0 Å². The first-order valence-electron chi connectivity index (χ1n) is 7.68. The summed E-state index contributed by atoms with van der Waals surface area (Å²) in [6.07, 6.45) is 8.37. The minimum Gasteiger partial charge on any atom is -0.748 e. The summed E-state index contributed by atoms with van der Waals surface area (Å²) in [4.78, 5) is 0. The molecule has 4 fully saturated rings. The second kappa shape index (κ2) is 6.97. The zero-order chi connectivity index (χ0) is 13.5. The van der Waals surface area contributed by atoms with Gasteiger partial charge in [-0.05, 0) is 75.2 Å². The summed E-state index contributed by atoms with van der Waals surface area (Å²) in [7, 11) is -4.02. The van der Waals surface area contributed by atoms with E-state index in [0.29, 0.717) is 12.5 Å². The zero-order valence-corrected chi connectivity index (χ0v) is 15.2. The van der Waals surface area contributed by atoms with Gasteiger partial charge in [-0.25, -0.2) is 8.42 Å². The quantitative estimate of drug-likeness (QED) is 0.377. The Morgan fingerprint density at radius 3 is 2.00 bits per heavy atom. The predicted octanol–water partition coefficient (Wildman–Crippen LogP) is -1.27. The van der Waals surface area contributed by atoms with Crippen LogP contribution < -0.4 is 34.9 Å². The van der Waals surface area contributed by atoms with E-state index in [4.69, 9.17) is 0 Å². The molecule has 0 spiro atoms. The van der Waals surface area contributed by atoms with E-state index in [0.717, 1.165) is 36.6 Å². The standard InChI is InChI=1S/C14H25NO3S.Na/c16-19(17,18)4-2-1-3-15-14-12-6-10-5-11(8-12)9-13(14)7-10;/h10-15H,1-9H2,(H,16,17,18);/q;+1/p-1. The number of rotatable bonds is 6. The summed E-state index contributed by atoms with van der Waals surface area (Å²) in [6.45, 7) is 0.864. The van der Waals surface area contributed by atoms with Crippen LogP contribution in [0.25, 0.3) is 0 Å². The largest absolute Gasteiger partial charge is 1.00 e. The molecule has 20 heavy (non-hydrogen) atoms. The summed E-state index contributed by atoms with van der Waals surface area (Å²) in [6, 6.07) is 0.664. The van der Waals surface area contributed by atoms with E-state index in [1.807, 2.05) is 0 Å². The van der Waals surface area contributed by atoms with E-state index in [1.165, 1.54) is 32.1 Å². The molecule has 0 aromatic carbocycles. The topological polar surface area (TPSA) is 69.2 Å². The van der Waals surface area contributed by atoms with Crippen molar-refractivity contribution in [1.82, 2.24) is 5.32 Å². The molecule has 0 aliphatic heterocycles. The van der Waals surface area contributed by atoms with Crippen molar-refractivity contribution in [3.05, 3.63) is 0 Å². The molecule has 110 valence electrons. The summed E-state index contributed by atoms with van der Waals surface area (Å²) in [5.41, 5.74) is 0. The molecular formula is C14H24NNaO3S. The van der Waals surface area contributed by atoms with Crippen LogP contribution in [0.15, 0.2) is 0 Å². The Morgan fingerprint density at radius 2 is 1.50 bits per heavy atom. The third kappa shape index (κ3) is 4.20. The van der Waals surface area contributed by atoms with Crippen molar-refractivity contribution in [2.24, 2.45) is 23.7 Å². The van der Waals surface area contributed by atoms with Gasteiger partial charge in [0.15, 0.2) is 0 Å². The first-order valence-corrected chi connectivity index (χ1v) is 9.26. The molecule has 4 nitrogen and oxygen atoms in total. The Bertz CT molecular complexity index is 398. The SMILES string of the molecule is O=S(=O)([O-])CCCCNC1C2CC3CC(C2)CC1C3.[Na+]. The molecule has 0 radical (unpaired) electrons. The Hall–Kier alpha value is 0.870. The maximum absolute atomic E-state index is 10.5. The van der Waals surface area contributed by atoms with Crippen LogP contribution in [0.2, 0.25) is 0 Å². The van der Waals surface area contributed by atoms with Crippen LogP contribution in [-0.4, -0.2) is 31.3 Å². The molecule has 4 saturated carbocycles. The fourth-order valence-corrected chi connectivity index (χ4v) is 5.49. The molecule has 4 rings (SSSR count). The van der Waals surface area contributed by atoms with Crippen LogP contribution in [0.3, 0.4) is 0 Å². The molecule has 0 aromatic heterocycles.